The molecule has 0 aliphatic carbocycles. The highest BCUT2D eigenvalue weighted by Gasteiger charge is 2.34. The average Bonchev–Trinajstić information content (AvgIpc) is 3.14. The maximum Gasteiger partial charge on any atom is 0.673 e. The van der Waals surface area contributed by atoms with Gasteiger partial charge in [-0.1, -0.05) is 66.7 Å². The molecule has 1 aliphatic heterocycles. The molecule has 1 aliphatic rings. The summed E-state index contributed by atoms with van der Waals surface area (Å²) in [7, 11) is -6.00. The molecule has 2 unspecified atom stereocenters. The van der Waals surface area contributed by atoms with Crippen molar-refractivity contribution in [3.63, 3.8) is 0 Å². The van der Waals surface area contributed by atoms with Gasteiger partial charge in [0.2, 0.25) is 6.17 Å². The van der Waals surface area contributed by atoms with Gasteiger partial charge in [0.1, 0.15) is 11.9 Å². The fourth-order valence-corrected chi connectivity index (χ4v) is 3.18. The molecule has 3 aromatic carbocycles. The lowest BCUT2D eigenvalue weighted by molar-refractivity contribution is -0.804. The van der Waals surface area contributed by atoms with Crippen LogP contribution in [0.2, 0.25) is 0 Å². The van der Waals surface area contributed by atoms with Gasteiger partial charge >= 0.3 is 7.25 Å². The predicted octanol–water partition coefficient (Wildman–Crippen LogP) is 5.19. The number of nitrogens with one attached hydrogen (secondary N) is 1. The first-order chi connectivity index (χ1) is 13.4. The van der Waals surface area contributed by atoms with E-state index in [1.807, 2.05) is 0 Å². The summed E-state index contributed by atoms with van der Waals surface area (Å²) in [5, 5.41) is 0. The maximum atomic E-state index is 9.75. The number of rotatable bonds is 3. The van der Waals surface area contributed by atoms with E-state index in [-0.39, 0.29) is 6.17 Å². The third-order valence-electron chi connectivity index (χ3n) is 4.26. The van der Waals surface area contributed by atoms with Crippen molar-refractivity contribution < 1.29 is 22.2 Å². The first kappa shape index (κ1) is 19.7. The largest absolute Gasteiger partial charge is 0.673 e. The molecule has 0 bridgehead atoms. The van der Waals surface area contributed by atoms with Crippen LogP contribution in [-0.2, 0) is 0 Å². The minimum absolute atomic E-state index is 0.209. The van der Waals surface area contributed by atoms with Crippen LogP contribution in [-0.4, -0.2) is 7.25 Å². The molecule has 7 heteroatoms. The highest BCUT2D eigenvalue weighted by Crippen LogP contribution is 2.27. The molecule has 0 amide bonds. The Hall–Kier alpha value is -3.06. The summed E-state index contributed by atoms with van der Waals surface area (Å²) in [6, 6.07) is 31.9. The number of benzene rings is 3. The SMILES string of the molecule is C1=C[NH+](c2ccccc2)C(c2ccccc2)N1c1ccccc1.F[B-](F)(F)F. The molecule has 1 N–H and O–H groups in total. The van der Waals surface area contributed by atoms with Crippen molar-refractivity contribution in [2.45, 2.75) is 6.17 Å². The first-order valence-electron chi connectivity index (χ1n) is 8.79. The summed E-state index contributed by atoms with van der Waals surface area (Å²) in [6.45, 7) is 0. The Labute approximate surface area is 161 Å². The van der Waals surface area contributed by atoms with Crippen molar-refractivity contribution in [2.24, 2.45) is 0 Å². The third-order valence-corrected chi connectivity index (χ3v) is 4.26. The Kier molecular flexibility index (Phi) is 6.16. The maximum absolute atomic E-state index is 9.75. The summed E-state index contributed by atoms with van der Waals surface area (Å²) in [4.78, 5) is 3.68. The van der Waals surface area contributed by atoms with Crippen LogP contribution in [0.25, 0.3) is 0 Å². The quantitative estimate of drug-likeness (QED) is 0.481. The Balaban J connectivity index is 0.000000403. The van der Waals surface area contributed by atoms with Crippen LogP contribution in [0.3, 0.4) is 0 Å². The zero-order valence-corrected chi connectivity index (χ0v) is 14.9. The van der Waals surface area contributed by atoms with E-state index in [1.165, 1.54) is 21.8 Å². The van der Waals surface area contributed by atoms with Gasteiger partial charge in [-0.25, -0.2) is 0 Å². The van der Waals surface area contributed by atoms with Crippen molar-refractivity contribution in [1.29, 1.82) is 0 Å². The number of halogens is 4. The van der Waals surface area contributed by atoms with Crippen molar-refractivity contribution in [3.05, 3.63) is 109 Å². The Morgan fingerprint density at radius 1 is 0.679 bits per heavy atom. The standard InChI is InChI=1S/C21H18N2.BF4/c1-4-10-18(11-5-1)21-22(19-12-6-2-7-13-19)16-17-23(21)20-14-8-3-9-15-20;2-1(3,4)5/h1-17,21H;/q;-1/p+1. The van der Waals surface area contributed by atoms with Crippen LogP contribution in [0.15, 0.2) is 103 Å². The predicted molar refractivity (Wildman–Crippen MR) is 104 cm³/mol. The second-order valence-electron chi connectivity index (χ2n) is 6.19. The van der Waals surface area contributed by atoms with Crippen molar-refractivity contribution in [3.8, 4) is 0 Å². The number of hydrogen-bond donors (Lipinski definition) is 1. The van der Waals surface area contributed by atoms with Gasteiger partial charge in [0, 0.05) is 11.3 Å². The van der Waals surface area contributed by atoms with E-state index < -0.39 is 7.25 Å². The van der Waals surface area contributed by atoms with Gasteiger partial charge in [-0.3, -0.25) is 9.80 Å². The lowest BCUT2D eigenvalue weighted by Crippen LogP contribution is -3.02. The van der Waals surface area contributed by atoms with Crippen LogP contribution >= 0.6 is 0 Å². The fourth-order valence-electron chi connectivity index (χ4n) is 3.18. The van der Waals surface area contributed by atoms with Gasteiger partial charge in [0.15, 0.2) is 0 Å². The molecule has 0 aromatic heterocycles. The normalized spacial score (nSPS) is 18.5. The van der Waals surface area contributed by atoms with Gasteiger partial charge in [-0.2, -0.15) is 0 Å². The van der Waals surface area contributed by atoms with Crippen LogP contribution < -0.4 is 9.80 Å². The van der Waals surface area contributed by atoms with E-state index in [9.17, 15) is 17.3 Å². The van der Waals surface area contributed by atoms with Gasteiger partial charge in [0.05, 0.1) is 6.20 Å². The monoisotopic (exact) mass is 386 g/mol. The summed E-state index contributed by atoms with van der Waals surface area (Å²) in [6.07, 6.45) is 4.64. The van der Waals surface area contributed by atoms with Gasteiger partial charge < -0.3 is 17.3 Å². The molecule has 28 heavy (non-hydrogen) atoms. The molecule has 0 saturated heterocycles. The van der Waals surface area contributed by atoms with E-state index in [2.05, 4.69) is 108 Å². The van der Waals surface area contributed by atoms with Gasteiger partial charge in [-0.15, -0.1) is 0 Å². The summed E-state index contributed by atoms with van der Waals surface area (Å²) in [5.74, 6) is 0. The van der Waals surface area contributed by atoms with Crippen molar-refractivity contribution in [2.75, 3.05) is 4.90 Å². The number of para-hydroxylation sites is 2. The van der Waals surface area contributed by atoms with E-state index >= 15 is 0 Å². The second kappa shape index (κ2) is 8.76. The molecule has 2 nitrogen and oxygen atoms in total. The third kappa shape index (κ3) is 5.23. The molecule has 0 radical (unpaired) electrons. The summed E-state index contributed by atoms with van der Waals surface area (Å²) >= 11 is 0. The number of anilines is 1. The van der Waals surface area contributed by atoms with Gasteiger partial charge in [0.25, 0.3) is 0 Å². The van der Waals surface area contributed by atoms with Crippen LogP contribution in [0, 0.1) is 0 Å². The molecule has 1 heterocycles. The second-order valence-corrected chi connectivity index (χ2v) is 6.19. The lowest BCUT2D eigenvalue weighted by Gasteiger charge is -2.28. The molecule has 144 valence electrons. The van der Waals surface area contributed by atoms with E-state index in [1.54, 1.807) is 0 Å². The highest BCUT2D eigenvalue weighted by atomic mass is 19.5. The molecule has 0 spiro atoms. The molecule has 2 atom stereocenters. The van der Waals surface area contributed by atoms with Crippen LogP contribution in [0.4, 0.5) is 28.6 Å². The van der Waals surface area contributed by atoms with E-state index in [0.717, 1.165) is 0 Å². The minimum atomic E-state index is -6.00. The zero-order chi connectivity index (χ0) is 20.0. The van der Waals surface area contributed by atoms with Gasteiger partial charge in [-0.05, 0) is 24.3 Å². The van der Waals surface area contributed by atoms with E-state index in [4.69, 9.17) is 0 Å². The van der Waals surface area contributed by atoms with Crippen molar-refractivity contribution >= 4 is 18.6 Å². The highest BCUT2D eigenvalue weighted by molar-refractivity contribution is 6.50. The van der Waals surface area contributed by atoms with Crippen molar-refractivity contribution in [1.82, 2.24) is 0 Å². The molecule has 4 rings (SSSR count). The van der Waals surface area contributed by atoms with E-state index in [0.29, 0.717) is 0 Å². The van der Waals surface area contributed by atoms with Crippen LogP contribution in [0.1, 0.15) is 11.7 Å². The Morgan fingerprint density at radius 2 is 1.14 bits per heavy atom. The number of hydrogen-bond acceptors (Lipinski definition) is 1. The number of quaternary nitrogens is 1. The topological polar surface area (TPSA) is 7.68 Å². The molecular weight excluding hydrogens is 367 g/mol. The average molecular weight is 386 g/mol. The summed E-state index contributed by atoms with van der Waals surface area (Å²) in [5.41, 5.74) is 3.79. The molecule has 3 aromatic rings. The minimum Gasteiger partial charge on any atom is -0.418 e. The molecule has 0 saturated carbocycles. The first-order valence-corrected chi connectivity index (χ1v) is 8.79. The summed E-state index contributed by atoms with van der Waals surface area (Å²) < 4.78 is 39.0. The van der Waals surface area contributed by atoms with Crippen LogP contribution in [0.5, 0.6) is 0 Å². The fraction of sp³-hybridized carbons (Fsp3) is 0.0476. The Morgan fingerprint density at radius 3 is 1.68 bits per heavy atom. The lowest BCUT2D eigenvalue weighted by atomic mass is 10.1. The zero-order valence-electron chi connectivity index (χ0n) is 14.9. The smallest absolute Gasteiger partial charge is 0.418 e. The molecular formula is C21H19BF4N2. The Bertz CT molecular complexity index is 831. The molecule has 0 fully saturated rings. The number of nitrogens with zero attached hydrogens (tertiary/aromatic N) is 1.